The van der Waals surface area contributed by atoms with Crippen LogP contribution in [0.5, 0.6) is 0 Å². The van der Waals surface area contributed by atoms with Crippen molar-refractivity contribution in [3.05, 3.63) is 29.1 Å². The van der Waals surface area contributed by atoms with Crippen molar-refractivity contribution in [1.29, 1.82) is 0 Å². The lowest BCUT2D eigenvalue weighted by Gasteiger charge is -2.30. The average Bonchev–Trinajstić information content (AvgIpc) is 2.95. The lowest BCUT2D eigenvalue weighted by molar-refractivity contribution is 0.556. The van der Waals surface area contributed by atoms with Crippen molar-refractivity contribution in [3.63, 3.8) is 0 Å². The molecule has 0 aliphatic carbocycles. The molecule has 1 saturated heterocycles. The smallest absolute Gasteiger partial charge is 0.126 e. The highest BCUT2D eigenvalue weighted by Crippen LogP contribution is 2.34. The van der Waals surface area contributed by atoms with Crippen LogP contribution in [0.1, 0.15) is 63.6 Å². The molecule has 0 spiro atoms. The molecule has 2 rings (SSSR count). The molecule has 2 atom stereocenters. The topological polar surface area (TPSA) is 15.3 Å². The van der Waals surface area contributed by atoms with Crippen molar-refractivity contribution in [2.24, 2.45) is 0 Å². The van der Waals surface area contributed by atoms with E-state index in [1.807, 2.05) is 13.0 Å². The first-order valence-electron chi connectivity index (χ1n) is 8.38. The summed E-state index contributed by atoms with van der Waals surface area (Å²) in [5, 5.41) is 3.50. The maximum Gasteiger partial charge on any atom is 0.126 e. The third kappa shape index (κ3) is 3.57. The van der Waals surface area contributed by atoms with Crippen LogP contribution < -0.4 is 10.2 Å². The third-order valence-corrected chi connectivity index (χ3v) is 4.63. The standard InChI is InChI=1S/C18H29FN2/c1-5-9-20-14(4)16-12-17(19)13(3)11-18(16)21-10-7-8-15(21)6-2/h11-12,14-15,20H,5-10H2,1-4H3. The Kier molecular flexibility index (Phi) is 5.63. The van der Waals surface area contributed by atoms with Crippen LogP contribution in [0.3, 0.4) is 0 Å². The van der Waals surface area contributed by atoms with E-state index in [9.17, 15) is 4.39 Å². The zero-order chi connectivity index (χ0) is 15.4. The van der Waals surface area contributed by atoms with Crippen molar-refractivity contribution in [3.8, 4) is 0 Å². The van der Waals surface area contributed by atoms with Gasteiger partial charge in [-0.3, -0.25) is 0 Å². The Morgan fingerprint density at radius 3 is 2.81 bits per heavy atom. The van der Waals surface area contributed by atoms with Crippen molar-refractivity contribution in [2.75, 3.05) is 18.0 Å². The first-order chi connectivity index (χ1) is 10.1. The Hall–Kier alpha value is -1.09. The number of nitrogens with zero attached hydrogens (tertiary/aromatic N) is 1. The molecule has 21 heavy (non-hydrogen) atoms. The number of aryl methyl sites for hydroxylation is 1. The van der Waals surface area contributed by atoms with E-state index < -0.39 is 0 Å². The fraction of sp³-hybridized carbons (Fsp3) is 0.667. The van der Waals surface area contributed by atoms with E-state index in [0.717, 1.165) is 37.1 Å². The van der Waals surface area contributed by atoms with Gasteiger partial charge in [0.2, 0.25) is 0 Å². The Morgan fingerprint density at radius 1 is 1.38 bits per heavy atom. The van der Waals surface area contributed by atoms with Gasteiger partial charge in [-0.2, -0.15) is 0 Å². The van der Waals surface area contributed by atoms with Crippen LogP contribution in [-0.4, -0.2) is 19.1 Å². The van der Waals surface area contributed by atoms with E-state index in [4.69, 9.17) is 0 Å². The number of benzene rings is 1. The molecule has 0 bridgehead atoms. The molecule has 0 radical (unpaired) electrons. The van der Waals surface area contributed by atoms with E-state index in [1.165, 1.54) is 18.5 Å². The minimum absolute atomic E-state index is 0.0915. The normalized spacial score (nSPS) is 20.0. The summed E-state index contributed by atoms with van der Waals surface area (Å²) in [5.41, 5.74) is 3.08. The molecule has 0 amide bonds. The van der Waals surface area contributed by atoms with Gasteiger partial charge in [-0.1, -0.05) is 13.8 Å². The fourth-order valence-corrected chi connectivity index (χ4v) is 3.33. The summed E-state index contributed by atoms with van der Waals surface area (Å²) in [6, 6.07) is 4.58. The summed E-state index contributed by atoms with van der Waals surface area (Å²) < 4.78 is 14.1. The van der Waals surface area contributed by atoms with Gasteiger partial charge >= 0.3 is 0 Å². The first kappa shape index (κ1) is 16.3. The molecule has 1 aliphatic heterocycles. The molecule has 0 saturated carbocycles. The quantitative estimate of drug-likeness (QED) is 0.826. The van der Waals surface area contributed by atoms with Crippen LogP contribution in [0.25, 0.3) is 0 Å². The van der Waals surface area contributed by atoms with Crippen LogP contribution in [0, 0.1) is 12.7 Å². The summed E-state index contributed by atoms with van der Waals surface area (Å²) in [5.74, 6) is -0.0915. The minimum Gasteiger partial charge on any atom is -0.368 e. The highest BCUT2D eigenvalue weighted by Gasteiger charge is 2.26. The lowest BCUT2D eigenvalue weighted by atomic mass is 10.0. The zero-order valence-corrected chi connectivity index (χ0v) is 13.9. The summed E-state index contributed by atoms with van der Waals surface area (Å²) in [6.45, 7) is 10.5. The van der Waals surface area contributed by atoms with Crippen LogP contribution in [0.2, 0.25) is 0 Å². The van der Waals surface area contributed by atoms with E-state index in [0.29, 0.717) is 6.04 Å². The number of hydrogen-bond donors (Lipinski definition) is 1. The van der Waals surface area contributed by atoms with Gasteiger partial charge in [0, 0.05) is 24.3 Å². The molecule has 1 heterocycles. The van der Waals surface area contributed by atoms with Gasteiger partial charge in [0.1, 0.15) is 5.82 Å². The van der Waals surface area contributed by atoms with Gasteiger partial charge in [-0.15, -0.1) is 0 Å². The highest BCUT2D eigenvalue weighted by atomic mass is 19.1. The van der Waals surface area contributed by atoms with Crippen LogP contribution in [0.15, 0.2) is 12.1 Å². The van der Waals surface area contributed by atoms with E-state index in [1.54, 1.807) is 6.07 Å². The predicted molar refractivity (Wildman–Crippen MR) is 88.5 cm³/mol. The lowest BCUT2D eigenvalue weighted by Crippen LogP contribution is -2.31. The number of rotatable bonds is 6. The number of anilines is 1. The molecule has 1 N–H and O–H groups in total. The molecular weight excluding hydrogens is 263 g/mol. The fourth-order valence-electron chi connectivity index (χ4n) is 3.33. The Balaban J connectivity index is 2.35. The van der Waals surface area contributed by atoms with E-state index >= 15 is 0 Å². The zero-order valence-electron chi connectivity index (χ0n) is 13.9. The maximum atomic E-state index is 14.1. The van der Waals surface area contributed by atoms with Gasteiger partial charge in [0.25, 0.3) is 0 Å². The molecular formula is C18H29FN2. The summed E-state index contributed by atoms with van der Waals surface area (Å²) >= 11 is 0. The van der Waals surface area contributed by atoms with Crippen LogP contribution in [-0.2, 0) is 0 Å². The van der Waals surface area contributed by atoms with Crippen molar-refractivity contribution < 1.29 is 4.39 Å². The Bertz CT molecular complexity index is 473. The van der Waals surface area contributed by atoms with E-state index in [2.05, 4.69) is 31.0 Å². The molecule has 2 unspecified atom stereocenters. The first-order valence-corrected chi connectivity index (χ1v) is 8.38. The Labute approximate surface area is 128 Å². The molecule has 118 valence electrons. The molecule has 1 aliphatic rings. The second-order valence-electron chi connectivity index (χ2n) is 6.23. The second kappa shape index (κ2) is 7.26. The number of hydrogen-bond acceptors (Lipinski definition) is 2. The largest absolute Gasteiger partial charge is 0.368 e. The third-order valence-electron chi connectivity index (χ3n) is 4.63. The molecule has 1 aromatic rings. The summed E-state index contributed by atoms with van der Waals surface area (Å²) in [6.07, 6.45) is 4.75. The van der Waals surface area contributed by atoms with E-state index in [-0.39, 0.29) is 11.9 Å². The molecule has 1 fully saturated rings. The van der Waals surface area contributed by atoms with Crippen molar-refractivity contribution in [2.45, 2.75) is 65.5 Å². The van der Waals surface area contributed by atoms with Crippen molar-refractivity contribution >= 4 is 5.69 Å². The molecule has 0 aromatic heterocycles. The number of nitrogens with one attached hydrogen (secondary N) is 1. The predicted octanol–water partition coefficient (Wildman–Crippen LogP) is 4.57. The Morgan fingerprint density at radius 2 is 2.14 bits per heavy atom. The van der Waals surface area contributed by atoms with Crippen molar-refractivity contribution in [1.82, 2.24) is 5.32 Å². The van der Waals surface area contributed by atoms with Gasteiger partial charge in [0.05, 0.1) is 0 Å². The molecule has 1 aromatic carbocycles. The van der Waals surface area contributed by atoms with Crippen LogP contribution in [0.4, 0.5) is 10.1 Å². The maximum absolute atomic E-state index is 14.1. The number of halogens is 1. The monoisotopic (exact) mass is 292 g/mol. The minimum atomic E-state index is -0.0915. The molecule has 3 heteroatoms. The highest BCUT2D eigenvalue weighted by molar-refractivity contribution is 5.58. The summed E-state index contributed by atoms with van der Waals surface area (Å²) in [4.78, 5) is 2.49. The van der Waals surface area contributed by atoms with Gasteiger partial charge in [-0.05, 0) is 69.3 Å². The molecule has 2 nitrogen and oxygen atoms in total. The van der Waals surface area contributed by atoms with Gasteiger partial charge < -0.3 is 10.2 Å². The second-order valence-corrected chi connectivity index (χ2v) is 6.23. The SMILES string of the molecule is CCCNC(C)c1cc(F)c(C)cc1N1CCCC1CC. The van der Waals surface area contributed by atoms with Gasteiger partial charge in [-0.25, -0.2) is 4.39 Å². The average molecular weight is 292 g/mol. The summed E-state index contributed by atoms with van der Waals surface area (Å²) in [7, 11) is 0. The van der Waals surface area contributed by atoms with Crippen LogP contribution >= 0.6 is 0 Å². The van der Waals surface area contributed by atoms with Gasteiger partial charge in [0.15, 0.2) is 0 Å².